The van der Waals surface area contributed by atoms with Crippen LogP contribution in [0.3, 0.4) is 0 Å². The fourth-order valence-corrected chi connectivity index (χ4v) is 3.66. The van der Waals surface area contributed by atoms with E-state index >= 15 is 0 Å². The zero-order valence-electron chi connectivity index (χ0n) is 13.2. The maximum atomic E-state index is 4.69. The Morgan fingerprint density at radius 3 is 2.50 bits per heavy atom. The minimum Gasteiger partial charge on any atom is -0.306 e. The number of aryl methyl sites for hydroxylation is 2. The highest BCUT2D eigenvalue weighted by Crippen LogP contribution is 2.25. The number of rotatable bonds is 5. The molecule has 0 aliphatic carbocycles. The summed E-state index contributed by atoms with van der Waals surface area (Å²) in [5.74, 6) is 0. The minimum absolute atomic E-state index is 0.698. The van der Waals surface area contributed by atoms with Crippen molar-refractivity contribution in [2.24, 2.45) is 0 Å². The van der Waals surface area contributed by atoms with Crippen LogP contribution in [0.5, 0.6) is 0 Å². The van der Waals surface area contributed by atoms with E-state index < -0.39 is 0 Å². The van der Waals surface area contributed by atoms with Gasteiger partial charge in [-0.15, -0.1) is 0 Å². The molecular weight excluding hydrogens is 316 g/mol. The van der Waals surface area contributed by atoms with Crippen LogP contribution in [0.1, 0.15) is 38.1 Å². The monoisotopic (exact) mass is 342 g/mol. The van der Waals surface area contributed by atoms with Gasteiger partial charge < -0.3 is 4.90 Å². The number of hydrogen-bond donors (Lipinski definition) is 0. The van der Waals surface area contributed by atoms with Gasteiger partial charge >= 0.3 is 0 Å². The summed E-state index contributed by atoms with van der Waals surface area (Å²) < 4.78 is 3.36. The summed E-state index contributed by atoms with van der Waals surface area (Å²) in [4.78, 5) is 4.92. The molecule has 1 aromatic rings. The van der Waals surface area contributed by atoms with Gasteiger partial charge in [-0.3, -0.25) is 9.58 Å². The highest BCUT2D eigenvalue weighted by molar-refractivity contribution is 9.10. The Labute approximate surface area is 131 Å². The summed E-state index contributed by atoms with van der Waals surface area (Å²) in [5, 5.41) is 4.69. The lowest BCUT2D eigenvalue weighted by Crippen LogP contribution is -2.41. The van der Waals surface area contributed by atoms with Crippen molar-refractivity contribution in [3.63, 3.8) is 0 Å². The van der Waals surface area contributed by atoms with Gasteiger partial charge in [-0.2, -0.15) is 5.10 Å². The average molecular weight is 343 g/mol. The Bertz CT molecular complexity index is 435. The molecule has 114 valence electrons. The van der Waals surface area contributed by atoms with Gasteiger partial charge in [-0.25, -0.2) is 0 Å². The van der Waals surface area contributed by atoms with Crippen LogP contribution in [0.15, 0.2) is 4.47 Å². The van der Waals surface area contributed by atoms with Crippen molar-refractivity contribution in [1.82, 2.24) is 19.6 Å². The van der Waals surface area contributed by atoms with E-state index in [-0.39, 0.29) is 0 Å². The van der Waals surface area contributed by atoms with Gasteiger partial charge in [0.25, 0.3) is 0 Å². The topological polar surface area (TPSA) is 24.3 Å². The van der Waals surface area contributed by atoms with Crippen molar-refractivity contribution < 1.29 is 0 Å². The standard InChI is InChI=1S/C15H27BrN4/c1-5-13-15(16)14(20(6-2)17-13)11-19(4)12-7-9-18(3)10-8-12/h12H,5-11H2,1-4H3. The molecule has 0 unspecified atom stereocenters. The van der Waals surface area contributed by atoms with Crippen molar-refractivity contribution in [3.8, 4) is 0 Å². The molecule has 0 aromatic carbocycles. The lowest BCUT2D eigenvalue weighted by molar-refractivity contribution is 0.136. The molecular formula is C15H27BrN4. The lowest BCUT2D eigenvalue weighted by atomic mass is 10.0. The van der Waals surface area contributed by atoms with E-state index in [1.807, 2.05) is 0 Å². The van der Waals surface area contributed by atoms with Crippen LogP contribution in [0.2, 0.25) is 0 Å². The number of likely N-dealkylation sites (tertiary alicyclic amines) is 1. The van der Waals surface area contributed by atoms with E-state index in [1.165, 1.54) is 41.8 Å². The quantitative estimate of drug-likeness (QED) is 0.822. The first-order valence-corrected chi connectivity index (χ1v) is 8.48. The second-order valence-corrected chi connectivity index (χ2v) is 6.62. The molecule has 4 nitrogen and oxygen atoms in total. The number of hydrogen-bond acceptors (Lipinski definition) is 3. The minimum atomic E-state index is 0.698. The van der Waals surface area contributed by atoms with Crippen LogP contribution >= 0.6 is 15.9 Å². The molecule has 20 heavy (non-hydrogen) atoms. The van der Waals surface area contributed by atoms with E-state index in [0.717, 1.165) is 19.5 Å². The summed E-state index contributed by atoms with van der Waals surface area (Å²) in [5.41, 5.74) is 2.50. The second-order valence-electron chi connectivity index (χ2n) is 5.83. The molecule has 1 aliphatic rings. The van der Waals surface area contributed by atoms with E-state index in [2.05, 4.69) is 58.4 Å². The molecule has 1 aliphatic heterocycles. The molecule has 0 amide bonds. The number of halogens is 1. The van der Waals surface area contributed by atoms with Crippen LogP contribution in [-0.2, 0) is 19.5 Å². The molecule has 2 rings (SSSR count). The second kappa shape index (κ2) is 7.05. The van der Waals surface area contributed by atoms with Crippen LogP contribution < -0.4 is 0 Å². The van der Waals surface area contributed by atoms with E-state index in [1.54, 1.807) is 0 Å². The van der Waals surface area contributed by atoms with Crippen molar-refractivity contribution >= 4 is 15.9 Å². The van der Waals surface area contributed by atoms with E-state index in [4.69, 9.17) is 5.10 Å². The number of piperidine rings is 1. The predicted molar refractivity (Wildman–Crippen MR) is 87.0 cm³/mol. The van der Waals surface area contributed by atoms with Crippen molar-refractivity contribution in [1.29, 1.82) is 0 Å². The van der Waals surface area contributed by atoms with Gasteiger partial charge in [-0.05, 0) is 69.3 Å². The maximum Gasteiger partial charge on any atom is 0.0767 e. The van der Waals surface area contributed by atoms with Gasteiger partial charge in [-0.1, -0.05) is 6.92 Å². The van der Waals surface area contributed by atoms with Crippen molar-refractivity contribution in [2.45, 2.75) is 52.2 Å². The third-order valence-corrected chi connectivity index (χ3v) is 5.32. The maximum absolute atomic E-state index is 4.69. The van der Waals surface area contributed by atoms with Gasteiger partial charge in [0.1, 0.15) is 0 Å². The predicted octanol–water partition coefficient (Wildman–Crippen LogP) is 2.75. The Morgan fingerprint density at radius 2 is 1.95 bits per heavy atom. The summed E-state index contributed by atoms with van der Waals surface area (Å²) in [6.45, 7) is 8.67. The molecule has 1 saturated heterocycles. The van der Waals surface area contributed by atoms with Crippen LogP contribution in [0.25, 0.3) is 0 Å². The molecule has 0 atom stereocenters. The first-order chi connectivity index (χ1) is 9.56. The molecule has 0 bridgehead atoms. The van der Waals surface area contributed by atoms with Gasteiger partial charge in [0.2, 0.25) is 0 Å². The lowest BCUT2D eigenvalue weighted by Gasteiger charge is -2.35. The SMILES string of the molecule is CCc1nn(CC)c(CN(C)C2CCN(C)CC2)c1Br. The molecule has 2 heterocycles. The summed E-state index contributed by atoms with van der Waals surface area (Å²) >= 11 is 3.75. The van der Waals surface area contributed by atoms with Crippen LogP contribution in [0, 0.1) is 0 Å². The van der Waals surface area contributed by atoms with E-state index in [9.17, 15) is 0 Å². The Hall–Kier alpha value is -0.390. The third-order valence-electron chi connectivity index (χ3n) is 4.40. The molecule has 1 fully saturated rings. The van der Waals surface area contributed by atoms with Gasteiger partial charge in [0.15, 0.2) is 0 Å². The third kappa shape index (κ3) is 3.43. The molecule has 0 N–H and O–H groups in total. The molecule has 0 radical (unpaired) electrons. The summed E-state index contributed by atoms with van der Waals surface area (Å²) in [6, 6.07) is 0.698. The Balaban J connectivity index is 2.07. The highest BCUT2D eigenvalue weighted by atomic mass is 79.9. The fourth-order valence-electron chi connectivity index (χ4n) is 2.97. The number of aromatic nitrogens is 2. The summed E-state index contributed by atoms with van der Waals surface area (Å²) in [7, 11) is 4.47. The zero-order valence-corrected chi connectivity index (χ0v) is 14.8. The van der Waals surface area contributed by atoms with Crippen molar-refractivity contribution in [2.75, 3.05) is 27.2 Å². The van der Waals surface area contributed by atoms with Crippen molar-refractivity contribution in [3.05, 3.63) is 15.9 Å². The largest absolute Gasteiger partial charge is 0.306 e. The molecule has 1 aromatic heterocycles. The van der Waals surface area contributed by atoms with Crippen LogP contribution in [0.4, 0.5) is 0 Å². The van der Waals surface area contributed by atoms with Gasteiger partial charge in [0, 0.05) is 19.1 Å². The van der Waals surface area contributed by atoms with Gasteiger partial charge in [0.05, 0.1) is 15.9 Å². The molecule has 0 spiro atoms. The average Bonchev–Trinajstić information content (AvgIpc) is 2.76. The smallest absolute Gasteiger partial charge is 0.0767 e. The summed E-state index contributed by atoms with van der Waals surface area (Å²) in [6.07, 6.45) is 3.52. The first-order valence-electron chi connectivity index (χ1n) is 7.69. The first kappa shape index (κ1) is 16.0. The Morgan fingerprint density at radius 1 is 1.30 bits per heavy atom. The number of nitrogens with zero attached hydrogens (tertiary/aromatic N) is 4. The normalized spacial score (nSPS) is 18.1. The van der Waals surface area contributed by atoms with Crippen LogP contribution in [-0.4, -0.2) is 52.8 Å². The van der Waals surface area contributed by atoms with E-state index in [0.29, 0.717) is 6.04 Å². The fraction of sp³-hybridized carbons (Fsp3) is 0.800. The highest BCUT2D eigenvalue weighted by Gasteiger charge is 2.23. The molecule has 0 saturated carbocycles. The molecule has 5 heteroatoms. The Kier molecular flexibility index (Phi) is 5.64. The zero-order chi connectivity index (χ0) is 14.7.